The number of hydrogen-bond acceptors (Lipinski definition) is 9. The molecule has 0 aliphatic rings. The predicted octanol–water partition coefficient (Wildman–Crippen LogP) is 12.0. The van der Waals surface area contributed by atoms with Crippen LogP contribution in [0.1, 0.15) is 72.1 Å². The van der Waals surface area contributed by atoms with Gasteiger partial charge in [0.25, 0.3) is 0 Å². The molecule has 9 nitrogen and oxygen atoms in total. The first-order valence-electron chi connectivity index (χ1n) is 16.2. The number of ketones is 1. The summed E-state index contributed by atoms with van der Waals surface area (Å²) in [5.74, 6) is -0.722. The summed E-state index contributed by atoms with van der Waals surface area (Å²) < 4.78 is 133. The van der Waals surface area contributed by atoms with Crippen LogP contribution in [0.25, 0.3) is 11.3 Å². The summed E-state index contributed by atoms with van der Waals surface area (Å²) >= 11 is 8.76. The number of carbonyl (C=O) groups is 1. The van der Waals surface area contributed by atoms with Crippen LogP contribution in [-0.2, 0) is 31.8 Å². The summed E-state index contributed by atoms with van der Waals surface area (Å²) in [6.07, 6.45) is -4.16. The minimum absolute atomic E-state index is 0. The molecule has 4 unspecified atom stereocenters. The molecule has 3 aromatic heterocycles. The average molecular weight is 990 g/mol. The molecule has 3 heterocycles. The van der Waals surface area contributed by atoms with Crippen molar-refractivity contribution in [1.82, 2.24) is 15.0 Å². The smallest absolute Gasteiger partial charge is 0.374 e. The fraction of sp³-hybridized carbons (Fsp3) is 0.289. The first kappa shape index (κ1) is 53.8. The summed E-state index contributed by atoms with van der Waals surface area (Å²) in [6.45, 7) is 3.18. The third-order valence-corrected chi connectivity index (χ3v) is 13.7. The SMILES string of the molecule is C.C.CC(c1ccc(C(F)(F)F)nc1)S(C)(=O)=NC(N)=S.CC(c1ccc(C(F)(F)F)nc1)S(C)(=O)=Nc1nc(-c2ccc(F)cc2)cs1.O=C(CBr)c1ccc(F)cc1. The van der Waals surface area contributed by atoms with Gasteiger partial charge in [-0.25, -0.2) is 22.2 Å². The van der Waals surface area contributed by atoms with E-state index in [9.17, 15) is 48.3 Å². The number of benzene rings is 2. The van der Waals surface area contributed by atoms with Crippen molar-refractivity contribution in [3.63, 3.8) is 0 Å². The fourth-order valence-corrected chi connectivity index (χ4v) is 8.65. The predicted molar refractivity (Wildman–Crippen MR) is 230 cm³/mol. The average Bonchev–Trinajstić information content (AvgIpc) is 3.61. The number of aromatic nitrogens is 3. The van der Waals surface area contributed by atoms with Crippen LogP contribution in [0.2, 0.25) is 0 Å². The van der Waals surface area contributed by atoms with Crippen molar-refractivity contribution in [3.8, 4) is 11.3 Å². The molecule has 0 fully saturated rings. The van der Waals surface area contributed by atoms with Gasteiger partial charge in [0.1, 0.15) is 23.0 Å². The molecule has 5 aromatic rings. The van der Waals surface area contributed by atoms with Crippen molar-refractivity contribution >= 4 is 75.0 Å². The number of hydrogen-bond donors (Lipinski definition) is 1. The van der Waals surface area contributed by atoms with E-state index >= 15 is 0 Å². The lowest BCUT2D eigenvalue weighted by Gasteiger charge is -2.14. The van der Waals surface area contributed by atoms with Crippen molar-refractivity contribution in [2.75, 3.05) is 17.8 Å². The summed E-state index contributed by atoms with van der Waals surface area (Å²) in [5.41, 5.74) is 5.75. The Bertz CT molecular complexity index is 2430. The van der Waals surface area contributed by atoms with E-state index in [0.717, 1.165) is 24.5 Å². The van der Waals surface area contributed by atoms with Gasteiger partial charge in [-0.05, 0) is 97.9 Å². The molecule has 4 atom stereocenters. The van der Waals surface area contributed by atoms with E-state index in [1.54, 1.807) is 31.4 Å². The van der Waals surface area contributed by atoms with E-state index in [0.29, 0.717) is 27.9 Å². The van der Waals surface area contributed by atoms with Gasteiger partial charge in [0.15, 0.2) is 10.9 Å². The Balaban J connectivity index is 0.000000488. The number of alkyl halides is 7. The molecule has 2 aromatic carbocycles. The second-order valence-electron chi connectivity index (χ2n) is 12.1. The van der Waals surface area contributed by atoms with E-state index in [1.807, 2.05) is 0 Å². The molecule has 0 radical (unpaired) electrons. The van der Waals surface area contributed by atoms with E-state index in [-0.39, 0.29) is 47.8 Å². The van der Waals surface area contributed by atoms with Crippen LogP contribution in [0.5, 0.6) is 0 Å². The van der Waals surface area contributed by atoms with Crippen LogP contribution in [0.4, 0.5) is 40.3 Å². The van der Waals surface area contributed by atoms with Gasteiger partial charge in [0.05, 0.1) is 41.0 Å². The zero-order chi connectivity index (χ0) is 43.6. The van der Waals surface area contributed by atoms with E-state index in [1.165, 1.54) is 72.4 Å². The van der Waals surface area contributed by atoms with E-state index < -0.39 is 53.7 Å². The quantitative estimate of drug-likeness (QED) is 0.0701. The summed E-state index contributed by atoms with van der Waals surface area (Å²) in [4.78, 5) is 22.0. The number of pyridine rings is 2. The van der Waals surface area contributed by atoms with Gasteiger partial charge in [-0.15, -0.1) is 11.3 Å². The maximum Gasteiger partial charge on any atom is 0.433 e. The Morgan fingerprint density at radius 1 is 0.783 bits per heavy atom. The zero-order valence-electron chi connectivity index (χ0n) is 30.6. The molecule has 0 saturated heterocycles. The summed E-state index contributed by atoms with van der Waals surface area (Å²) in [6, 6.07) is 15.4. The number of nitrogens with zero attached hydrogens (tertiary/aromatic N) is 5. The summed E-state index contributed by atoms with van der Waals surface area (Å²) in [5, 5.41) is 0.729. The Kier molecular flexibility index (Phi) is 20.2. The molecule has 60 heavy (non-hydrogen) atoms. The van der Waals surface area contributed by atoms with Gasteiger partial charge >= 0.3 is 12.4 Å². The minimum atomic E-state index is -4.53. The number of thiocarbonyl (C=S) groups is 1. The molecule has 0 saturated carbocycles. The molecular weight excluding hydrogens is 949 g/mol. The second-order valence-corrected chi connectivity index (χ2v) is 19.1. The summed E-state index contributed by atoms with van der Waals surface area (Å²) in [7, 11) is -5.62. The van der Waals surface area contributed by atoms with Gasteiger partial charge < -0.3 is 5.73 Å². The van der Waals surface area contributed by atoms with Gasteiger partial charge in [0.2, 0.25) is 5.13 Å². The third kappa shape index (κ3) is 16.0. The third-order valence-electron chi connectivity index (χ3n) is 7.85. The molecule has 5 rings (SSSR count). The monoisotopic (exact) mass is 988 g/mol. The Morgan fingerprint density at radius 2 is 1.22 bits per heavy atom. The first-order valence-corrected chi connectivity index (χ1v) is 22.6. The van der Waals surface area contributed by atoms with Crippen molar-refractivity contribution in [2.45, 2.75) is 51.6 Å². The van der Waals surface area contributed by atoms with Crippen LogP contribution < -0.4 is 5.73 Å². The molecule has 0 spiro atoms. The molecule has 22 heteroatoms. The Morgan fingerprint density at radius 3 is 1.60 bits per heavy atom. The lowest BCUT2D eigenvalue weighted by molar-refractivity contribution is -0.142. The Labute approximate surface area is 361 Å². The van der Waals surface area contributed by atoms with Crippen LogP contribution in [-0.4, -0.2) is 52.1 Å². The molecule has 0 aliphatic heterocycles. The fourth-order valence-electron chi connectivity index (χ4n) is 4.40. The highest BCUT2D eigenvalue weighted by molar-refractivity contribution is 9.09. The van der Waals surface area contributed by atoms with Gasteiger partial charge in [0, 0.05) is 41.4 Å². The highest BCUT2D eigenvalue weighted by Crippen LogP contribution is 2.33. The van der Waals surface area contributed by atoms with Gasteiger partial charge in [-0.1, -0.05) is 42.9 Å². The molecule has 0 bridgehead atoms. The number of rotatable bonds is 8. The zero-order valence-corrected chi connectivity index (χ0v) is 35.4. The lowest BCUT2D eigenvalue weighted by atomic mass is 10.1. The van der Waals surface area contributed by atoms with Crippen molar-refractivity contribution in [1.29, 1.82) is 0 Å². The maximum absolute atomic E-state index is 13.0. The molecule has 0 aliphatic carbocycles. The standard InChI is InChI=1S/C18H15F4N3OS2.C10H12F3N3OS2.C8H6BrFO.2CH4/c1-11(13-5-8-16(23-9-13)18(20,21)22)28(2,26)25-17-24-15(10-27-17)12-3-6-14(19)7-4-12;1-6(19(2,17)16-9(14)18)7-3-4-8(15-5-7)10(11,12)13;9-5-8(11)6-1-3-7(10)4-2-6;;/h3-11H,1-2H3;3-6H,1-2H3,(H2,14,18);1-4H,5H2;2*1H4. The van der Waals surface area contributed by atoms with Crippen molar-refractivity contribution in [3.05, 3.63) is 130 Å². The van der Waals surface area contributed by atoms with Crippen molar-refractivity contribution < 1.29 is 48.3 Å². The topological polar surface area (TPSA) is 141 Å². The van der Waals surface area contributed by atoms with Crippen LogP contribution in [0.3, 0.4) is 0 Å². The highest BCUT2D eigenvalue weighted by atomic mass is 79.9. The van der Waals surface area contributed by atoms with Crippen molar-refractivity contribution in [2.24, 2.45) is 14.5 Å². The van der Waals surface area contributed by atoms with Crippen LogP contribution in [0.15, 0.2) is 99.3 Å². The number of halogens is 9. The lowest BCUT2D eigenvalue weighted by Crippen LogP contribution is -2.14. The largest absolute Gasteiger partial charge is 0.433 e. The van der Waals surface area contributed by atoms with Crippen LogP contribution >= 0.6 is 39.5 Å². The normalized spacial score (nSPS) is 14.0. The molecule has 0 amide bonds. The van der Waals surface area contributed by atoms with E-state index in [4.69, 9.17) is 5.73 Å². The second kappa shape index (κ2) is 22.6. The first-order chi connectivity index (χ1) is 26.8. The molecular formula is C38H41BrF8N6O3S4. The van der Waals surface area contributed by atoms with Gasteiger partial charge in [-0.3, -0.25) is 14.8 Å². The van der Waals surface area contributed by atoms with Gasteiger partial charge in [-0.2, -0.15) is 35.1 Å². The number of nitrogens with two attached hydrogens (primary N) is 1. The highest BCUT2D eigenvalue weighted by Gasteiger charge is 2.33. The minimum Gasteiger partial charge on any atom is -0.374 e. The van der Waals surface area contributed by atoms with E-state index in [2.05, 4.69) is 51.8 Å². The Hall–Kier alpha value is -4.25. The number of carbonyl (C=O) groups excluding carboxylic acids is 1. The molecule has 328 valence electrons. The number of thiazole rings is 1. The number of Topliss-reactive ketones (excluding diaryl/α,β-unsaturated/α-hetero) is 1. The molecule has 2 N–H and O–H groups in total. The maximum atomic E-state index is 13.0. The van der Waals surface area contributed by atoms with Crippen LogP contribution in [0, 0.1) is 11.6 Å².